The number of carbonyl (C=O) groups excluding carboxylic acids is 3. The summed E-state index contributed by atoms with van der Waals surface area (Å²) in [5.74, 6) is 0.0825. The predicted octanol–water partition coefficient (Wildman–Crippen LogP) is 4.27. The first-order valence-electron chi connectivity index (χ1n) is 14.5. The maximum atomic E-state index is 13.6. The van der Waals surface area contributed by atoms with Crippen LogP contribution in [0.1, 0.15) is 59.4 Å². The van der Waals surface area contributed by atoms with Crippen molar-refractivity contribution in [3.8, 4) is 0 Å². The molecule has 2 atom stereocenters. The fourth-order valence-corrected chi connectivity index (χ4v) is 5.55. The van der Waals surface area contributed by atoms with Crippen molar-refractivity contribution in [3.63, 3.8) is 0 Å². The van der Waals surface area contributed by atoms with Crippen molar-refractivity contribution in [1.29, 1.82) is 0 Å². The second kappa shape index (κ2) is 14.6. The predicted molar refractivity (Wildman–Crippen MR) is 158 cm³/mol. The SMILES string of the molecule is CC(C)C(NC(=O)NCC(C)(C)OC(=O)OCCN1CCOCC1)C(=O)N1CCC(c2ccc(Cl)cc2)C(C)(C)C1. The molecule has 3 amide bonds. The molecule has 0 aliphatic carbocycles. The molecule has 0 spiro atoms. The number of nitrogens with one attached hydrogen (secondary N) is 2. The number of amides is 3. The Morgan fingerprint density at radius 3 is 2.39 bits per heavy atom. The van der Waals surface area contributed by atoms with Crippen LogP contribution in [0.2, 0.25) is 5.02 Å². The van der Waals surface area contributed by atoms with E-state index in [1.54, 1.807) is 13.8 Å². The molecule has 2 heterocycles. The lowest BCUT2D eigenvalue weighted by molar-refractivity contribution is -0.137. The lowest BCUT2D eigenvalue weighted by Gasteiger charge is -2.45. The highest BCUT2D eigenvalue weighted by Gasteiger charge is 2.40. The third-order valence-corrected chi connectivity index (χ3v) is 8.05. The van der Waals surface area contributed by atoms with E-state index in [1.807, 2.05) is 30.9 Å². The van der Waals surface area contributed by atoms with Crippen LogP contribution < -0.4 is 10.6 Å². The number of hydrogen-bond donors (Lipinski definition) is 2. The van der Waals surface area contributed by atoms with E-state index in [1.165, 1.54) is 5.56 Å². The molecule has 1 aromatic rings. The number of hydrogen-bond acceptors (Lipinski definition) is 7. The molecular formula is C30H47ClN4O6. The molecule has 2 unspecified atom stereocenters. The van der Waals surface area contributed by atoms with Crippen molar-refractivity contribution in [3.05, 3.63) is 34.9 Å². The van der Waals surface area contributed by atoms with Gasteiger partial charge in [-0.3, -0.25) is 9.69 Å². The average molecular weight is 595 g/mol. The van der Waals surface area contributed by atoms with Gasteiger partial charge in [0, 0.05) is 37.7 Å². The summed E-state index contributed by atoms with van der Waals surface area (Å²) in [6, 6.07) is 6.75. The van der Waals surface area contributed by atoms with Crippen molar-refractivity contribution in [1.82, 2.24) is 20.4 Å². The van der Waals surface area contributed by atoms with Gasteiger partial charge in [-0.05, 0) is 55.2 Å². The first-order valence-corrected chi connectivity index (χ1v) is 14.9. The number of likely N-dealkylation sites (tertiary alicyclic amines) is 1. The van der Waals surface area contributed by atoms with Crippen LogP contribution in [0, 0.1) is 11.3 Å². The Kier molecular flexibility index (Phi) is 11.7. The van der Waals surface area contributed by atoms with Gasteiger partial charge in [-0.15, -0.1) is 0 Å². The molecule has 230 valence electrons. The average Bonchev–Trinajstić information content (AvgIpc) is 2.90. The zero-order valence-corrected chi connectivity index (χ0v) is 26.1. The zero-order valence-electron chi connectivity index (χ0n) is 25.3. The molecule has 2 saturated heterocycles. The summed E-state index contributed by atoms with van der Waals surface area (Å²) < 4.78 is 15.9. The van der Waals surface area contributed by atoms with E-state index in [2.05, 4.69) is 41.5 Å². The minimum absolute atomic E-state index is 0.0515. The molecule has 0 saturated carbocycles. The van der Waals surface area contributed by atoms with Crippen LogP contribution >= 0.6 is 11.6 Å². The van der Waals surface area contributed by atoms with Crippen molar-refractivity contribution in [2.75, 3.05) is 59.1 Å². The third-order valence-electron chi connectivity index (χ3n) is 7.80. The molecule has 2 aliphatic rings. The van der Waals surface area contributed by atoms with E-state index in [9.17, 15) is 14.4 Å². The summed E-state index contributed by atoms with van der Waals surface area (Å²) >= 11 is 6.08. The van der Waals surface area contributed by atoms with Crippen LogP contribution in [0.5, 0.6) is 0 Å². The molecule has 3 rings (SSSR count). The first kappa shape index (κ1) is 32.9. The summed E-state index contributed by atoms with van der Waals surface area (Å²) in [6.07, 6.45) is 0.0381. The summed E-state index contributed by atoms with van der Waals surface area (Å²) in [5, 5.41) is 6.29. The van der Waals surface area contributed by atoms with Gasteiger partial charge in [-0.25, -0.2) is 9.59 Å². The number of urea groups is 1. The van der Waals surface area contributed by atoms with Crippen LogP contribution in [-0.2, 0) is 19.0 Å². The normalized spacial score (nSPS) is 20.3. The smallest absolute Gasteiger partial charge is 0.433 e. The number of rotatable bonds is 10. The van der Waals surface area contributed by atoms with Gasteiger partial charge in [0.05, 0.1) is 19.8 Å². The highest BCUT2D eigenvalue weighted by atomic mass is 35.5. The van der Waals surface area contributed by atoms with Crippen LogP contribution in [0.4, 0.5) is 9.59 Å². The Balaban J connectivity index is 1.47. The van der Waals surface area contributed by atoms with Crippen molar-refractivity contribution in [2.24, 2.45) is 11.3 Å². The lowest BCUT2D eigenvalue weighted by Crippen LogP contribution is -2.58. The topological polar surface area (TPSA) is 109 Å². The summed E-state index contributed by atoms with van der Waals surface area (Å²) in [7, 11) is 0. The molecule has 2 fully saturated rings. The number of carbonyl (C=O) groups is 3. The quantitative estimate of drug-likeness (QED) is 0.389. The molecule has 0 aromatic heterocycles. The van der Waals surface area contributed by atoms with Crippen LogP contribution in [-0.4, -0.2) is 98.6 Å². The van der Waals surface area contributed by atoms with E-state index in [0.29, 0.717) is 43.8 Å². The maximum Gasteiger partial charge on any atom is 0.508 e. The van der Waals surface area contributed by atoms with Crippen LogP contribution in [0.15, 0.2) is 24.3 Å². The molecule has 1 aromatic carbocycles. The Labute approximate surface area is 249 Å². The second-order valence-electron chi connectivity index (χ2n) is 12.6. The zero-order chi connectivity index (χ0) is 30.2. The minimum atomic E-state index is -1.00. The molecule has 2 aliphatic heterocycles. The van der Waals surface area contributed by atoms with E-state index >= 15 is 0 Å². The summed E-state index contributed by atoms with van der Waals surface area (Å²) in [6.45, 7) is 16.6. The van der Waals surface area contributed by atoms with E-state index < -0.39 is 23.8 Å². The second-order valence-corrected chi connectivity index (χ2v) is 13.0. The standard InChI is InChI=1S/C30H47ClN4O6/c1-21(2)25(26(36)35-12-11-24(29(3,4)20-35)22-7-9-23(31)10-8-22)33-27(37)32-19-30(5,6)41-28(38)40-18-15-34-13-16-39-17-14-34/h7-10,21,24-25H,11-20H2,1-6H3,(H2,32,33,37). The Bertz CT molecular complexity index is 1030. The largest absolute Gasteiger partial charge is 0.508 e. The number of nitrogens with zero attached hydrogens (tertiary/aromatic N) is 2. The molecule has 41 heavy (non-hydrogen) atoms. The van der Waals surface area contributed by atoms with Crippen molar-refractivity contribution >= 4 is 29.7 Å². The maximum absolute atomic E-state index is 13.6. The van der Waals surface area contributed by atoms with E-state index in [4.69, 9.17) is 25.8 Å². The van der Waals surface area contributed by atoms with Gasteiger partial charge in [0.2, 0.25) is 5.91 Å². The monoisotopic (exact) mass is 594 g/mol. The van der Waals surface area contributed by atoms with E-state index in [0.717, 1.165) is 19.5 Å². The van der Waals surface area contributed by atoms with Gasteiger partial charge in [-0.2, -0.15) is 0 Å². The van der Waals surface area contributed by atoms with Gasteiger partial charge >= 0.3 is 12.2 Å². The first-order chi connectivity index (χ1) is 19.3. The number of piperidine rings is 1. The molecule has 0 bridgehead atoms. The molecule has 0 radical (unpaired) electrons. The Morgan fingerprint density at radius 1 is 1.12 bits per heavy atom. The summed E-state index contributed by atoms with van der Waals surface area (Å²) in [5.41, 5.74) is 0.0670. The highest BCUT2D eigenvalue weighted by Crippen LogP contribution is 2.42. The molecular weight excluding hydrogens is 548 g/mol. The van der Waals surface area contributed by atoms with Gasteiger partial charge < -0.3 is 29.7 Å². The minimum Gasteiger partial charge on any atom is -0.433 e. The summed E-state index contributed by atoms with van der Waals surface area (Å²) in [4.78, 5) is 42.6. The Hall–Kier alpha value is -2.56. The number of ether oxygens (including phenoxy) is 3. The Morgan fingerprint density at radius 2 is 1.78 bits per heavy atom. The number of morpholine rings is 1. The third kappa shape index (κ3) is 10.0. The molecule has 10 nitrogen and oxygen atoms in total. The van der Waals surface area contributed by atoms with Crippen molar-refractivity contribution < 1.29 is 28.6 Å². The van der Waals surface area contributed by atoms with Gasteiger partial charge in [0.25, 0.3) is 0 Å². The van der Waals surface area contributed by atoms with Gasteiger partial charge in [0.15, 0.2) is 0 Å². The highest BCUT2D eigenvalue weighted by molar-refractivity contribution is 6.30. The lowest BCUT2D eigenvalue weighted by atomic mass is 9.70. The van der Waals surface area contributed by atoms with Crippen LogP contribution in [0.3, 0.4) is 0 Å². The molecule has 2 N–H and O–H groups in total. The fraction of sp³-hybridized carbons (Fsp3) is 0.700. The van der Waals surface area contributed by atoms with Crippen molar-refractivity contribution in [2.45, 2.75) is 65.5 Å². The number of benzene rings is 1. The van der Waals surface area contributed by atoms with Gasteiger partial charge in [-0.1, -0.05) is 51.4 Å². The number of halogens is 1. The van der Waals surface area contributed by atoms with Crippen LogP contribution in [0.25, 0.3) is 0 Å². The van der Waals surface area contributed by atoms with E-state index in [-0.39, 0.29) is 30.4 Å². The van der Waals surface area contributed by atoms with Gasteiger partial charge in [0.1, 0.15) is 18.2 Å². The molecule has 11 heteroatoms. The fourth-order valence-electron chi connectivity index (χ4n) is 5.43.